The molecular weight excluding hydrogens is 560 g/mol. The van der Waals surface area contributed by atoms with Gasteiger partial charge in [0.05, 0.1) is 11.6 Å². The van der Waals surface area contributed by atoms with Crippen LogP contribution in [0.2, 0.25) is 0 Å². The van der Waals surface area contributed by atoms with Gasteiger partial charge in [0, 0.05) is 32.5 Å². The van der Waals surface area contributed by atoms with Gasteiger partial charge in [-0.25, -0.2) is 0 Å². The Kier molecular flexibility index (Phi) is 6.59. The number of rotatable bonds is 6. The number of H-pyrrole nitrogens is 1. The van der Waals surface area contributed by atoms with Crippen LogP contribution in [0, 0.1) is 0 Å². The summed E-state index contributed by atoms with van der Waals surface area (Å²) >= 11 is 10.3. The molecule has 0 saturated carbocycles. The van der Waals surface area contributed by atoms with Crippen LogP contribution in [0.5, 0.6) is 5.75 Å². The van der Waals surface area contributed by atoms with E-state index in [-0.39, 0.29) is 5.78 Å². The van der Waals surface area contributed by atoms with E-state index in [0.717, 1.165) is 19.8 Å². The SMILES string of the molecule is COc1ccc(C(=O)C(NC(=O)c2cc3c(Br)c(Br)ccc3[nH]2)OC)cc1Br. The molecule has 28 heavy (non-hydrogen) atoms. The van der Waals surface area contributed by atoms with E-state index in [1.54, 1.807) is 24.3 Å². The van der Waals surface area contributed by atoms with Crippen LogP contribution in [-0.2, 0) is 4.74 Å². The molecule has 1 heterocycles. The monoisotopic (exact) mass is 572 g/mol. The van der Waals surface area contributed by atoms with E-state index >= 15 is 0 Å². The van der Waals surface area contributed by atoms with Crippen molar-refractivity contribution in [1.29, 1.82) is 0 Å². The number of nitrogens with one attached hydrogen (secondary N) is 2. The van der Waals surface area contributed by atoms with Gasteiger partial charge in [-0.3, -0.25) is 9.59 Å². The van der Waals surface area contributed by atoms with E-state index in [0.29, 0.717) is 21.5 Å². The molecule has 9 heteroatoms. The lowest BCUT2D eigenvalue weighted by molar-refractivity contribution is 0.0451. The molecule has 2 aromatic carbocycles. The van der Waals surface area contributed by atoms with Crippen molar-refractivity contribution in [3.05, 3.63) is 61.1 Å². The molecule has 6 nitrogen and oxygen atoms in total. The third-order valence-electron chi connectivity index (χ3n) is 4.11. The molecular formula is C19H15Br3N2O4. The zero-order valence-electron chi connectivity index (χ0n) is 14.8. The Morgan fingerprint density at radius 3 is 2.43 bits per heavy atom. The van der Waals surface area contributed by atoms with E-state index in [4.69, 9.17) is 9.47 Å². The zero-order valence-corrected chi connectivity index (χ0v) is 19.6. The van der Waals surface area contributed by atoms with Crippen LogP contribution in [0.4, 0.5) is 0 Å². The van der Waals surface area contributed by atoms with Crippen molar-refractivity contribution >= 4 is 70.4 Å². The number of halogens is 3. The Bertz CT molecular complexity index is 1060. The summed E-state index contributed by atoms with van der Waals surface area (Å²) in [5, 5.41) is 3.46. The fourth-order valence-corrected chi connectivity index (χ4v) is 4.01. The van der Waals surface area contributed by atoms with Gasteiger partial charge in [0.1, 0.15) is 11.4 Å². The molecule has 0 aliphatic rings. The van der Waals surface area contributed by atoms with Crippen molar-refractivity contribution in [1.82, 2.24) is 10.3 Å². The molecule has 1 aromatic heterocycles. The number of benzene rings is 2. The topological polar surface area (TPSA) is 80.4 Å². The number of methoxy groups -OCH3 is 2. The number of aromatic nitrogens is 1. The van der Waals surface area contributed by atoms with Crippen LogP contribution < -0.4 is 10.1 Å². The Morgan fingerprint density at radius 2 is 1.79 bits per heavy atom. The summed E-state index contributed by atoms with van der Waals surface area (Å²) in [6.07, 6.45) is -1.13. The minimum atomic E-state index is -1.13. The van der Waals surface area contributed by atoms with Gasteiger partial charge in [-0.15, -0.1) is 0 Å². The third kappa shape index (κ3) is 4.17. The Morgan fingerprint density at radius 1 is 1.04 bits per heavy atom. The molecule has 146 valence electrons. The van der Waals surface area contributed by atoms with E-state index in [1.807, 2.05) is 12.1 Å². The maximum atomic E-state index is 12.7. The highest BCUT2D eigenvalue weighted by Crippen LogP contribution is 2.32. The van der Waals surface area contributed by atoms with Gasteiger partial charge in [0.2, 0.25) is 5.78 Å². The number of hydrogen-bond acceptors (Lipinski definition) is 4. The molecule has 0 aliphatic heterocycles. The molecule has 0 fully saturated rings. The van der Waals surface area contributed by atoms with Crippen molar-refractivity contribution in [2.75, 3.05) is 14.2 Å². The van der Waals surface area contributed by atoms with E-state index in [9.17, 15) is 9.59 Å². The van der Waals surface area contributed by atoms with Gasteiger partial charge in [0.15, 0.2) is 6.23 Å². The van der Waals surface area contributed by atoms with Crippen molar-refractivity contribution in [3.8, 4) is 5.75 Å². The lowest BCUT2D eigenvalue weighted by Gasteiger charge is -2.16. The number of Topliss-reactive ketones (excluding diaryl/α,β-unsaturated/α-hetero) is 1. The first-order valence-electron chi connectivity index (χ1n) is 8.03. The quantitative estimate of drug-likeness (QED) is 0.319. The molecule has 0 aliphatic carbocycles. The number of carbonyl (C=O) groups excluding carboxylic acids is 2. The van der Waals surface area contributed by atoms with Gasteiger partial charge in [-0.05, 0) is 84.2 Å². The van der Waals surface area contributed by atoms with Crippen molar-refractivity contribution in [2.45, 2.75) is 6.23 Å². The predicted octanol–water partition coefficient (Wildman–Crippen LogP) is 5.05. The first-order chi connectivity index (χ1) is 13.3. The van der Waals surface area contributed by atoms with Crippen molar-refractivity contribution < 1.29 is 19.1 Å². The second-order valence-electron chi connectivity index (χ2n) is 5.81. The summed E-state index contributed by atoms with van der Waals surface area (Å²) < 4.78 is 12.7. The summed E-state index contributed by atoms with van der Waals surface area (Å²) in [4.78, 5) is 28.4. The molecule has 0 radical (unpaired) electrons. The zero-order chi connectivity index (χ0) is 20.4. The lowest BCUT2D eigenvalue weighted by Crippen LogP contribution is -2.42. The maximum absolute atomic E-state index is 12.7. The van der Waals surface area contributed by atoms with Crippen molar-refractivity contribution in [3.63, 3.8) is 0 Å². The van der Waals surface area contributed by atoms with Crippen LogP contribution in [0.3, 0.4) is 0 Å². The second-order valence-corrected chi connectivity index (χ2v) is 8.31. The highest BCUT2D eigenvalue weighted by molar-refractivity contribution is 9.13. The molecule has 0 saturated heterocycles. The summed E-state index contributed by atoms with van der Waals surface area (Å²) in [5.41, 5.74) is 1.49. The Labute approximate surface area is 186 Å². The van der Waals surface area contributed by atoms with Crippen LogP contribution in [-0.4, -0.2) is 37.1 Å². The maximum Gasteiger partial charge on any atom is 0.270 e. The van der Waals surface area contributed by atoms with E-state index < -0.39 is 12.1 Å². The lowest BCUT2D eigenvalue weighted by atomic mass is 10.1. The third-order valence-corrected chi connectivity index (χ3v) is 6.77. The number of carbonyl (C=O) groups is 2. The largest absolute Gasteiger partial charge is 0.496 e. The van der Waals surface area contributed by atoms with Crippen LogP contribution in [0.1, 0.15) is 20.8 Å². The predicted molar refractivity (Wildman–Crippen MR) is 117 cm³/mol. The summed E-state index contributed by atoms with van der Waals surface area (Å²) in [6.45, 7) is 0. The molecule has 1 atom stereocenters. The van der Waals surface area contributed by atoms with Gasteiger partial charge in [-0.2, -0.15) is 0 Å². The smallest absolute Gasteiger partial charge is 0.270 e. The molecule has 1 amide bonds. The van der Waals surface area contributed by atoms with Gasteiger partial charge in [0.25, 0.3) is 5.91 Å². The summed E-state index contributed by atoms with van der Waals surface area (Å²) in [6, 6.07) is 10.3. The normalized spacial score (nSPS) is 12.0. The Hall–Kier alpha value is -1.68. The highest BCUT2D eigenvalue weighted by Gasteiger charge is 2.24. The number of fused-ring (bicyclic) bond motifs is 1. The molecule has 3 rings (SSSR count). The first kappa shape index (κ1) is 21.0. The second kappa shape index (κ2) is 8.77. The number of ether oxygens (including phenoxy) is 2. The molecule has 2 N–H and O–H groups in total. The van der Waals surface area contributed by atoms with Gasteiger partial charge >= 0.3 is 0 Å². The fraction of sp³-hybridized carbons (Fsp3) is 0.158. The number of hydrogen-bond donors (Lipinski definition) is 2. The minimum Gasteiger partial charge on any atom is -0.496 e. The first-order valence-corrected chi connectivity index (χ1v) is 10.4. The van der Waals surface area contributed by atoms with Crippen LogP contribution in [0.25, 0.3) is 10.9 Å². The van der Waals surface area contributed by atoms with Crippen LogP contribution >= 0.6 is 47.8 Å². The van der Waals surface area contributed by atoms with E-state index in [1.165, 1.54) is 14.2 Å². The minimum absolute atomic E-state index is 0.319. The molecule has 0 spiro atoms. The number of ketones is 1. The average molecular weight is 575 g/mol. The molecule has 0 bridgehead atoms. The molecule has 1 unspecified atom stereocenters. The standard InChI is InChI=1S/C19H15Br3N2O4/c1-27-15-6-3-9(7-12(15)21)17(25)19(28-2)24-18(26)14-8-10-13(23-14)5-4-11(20)16(10)22/h3-8,19,23H,1-2H3,(H,24,26). The van der Waals surface area contributed by atoms with Gasteiger partial charge < -0.3 is 19.8 Å². The fourth-order valence-electron chi connectivity index (χ4n) is 2.66. The number of amides is 1. The van der Waals surface area contributed by atoms with Crippen LogP contribution in [0.15, 0.2) is 49.8 Å². The average Bonchev–Trinajstić information content (AvgIpc) is 3.13. The number of aromatic amines is 1. The van der Waals surface area contributed by atoms with Crippen molar-refractivity contribution in [2.24, 2.45) is 0 Å². The van der Waals surface area contributed by atoms with E-state index in [2.05, 4.69) is 58.1 Å². The highest BCUT2D eigenvalue weighted by atomic mass is 79.9. The Balaban J connectivity index is 1.82. The summed E-state index contributed by atoms with van der Waals surface area (Å²) in [7, 11) is 2.90. The summed E-state index contributed by atoms with van der Waals surface area (Å²) in [5.74, 6) is -0.226. The molecule has 3 aromatic rings. The van der Waals surface area contributed by atoms with Gasteiger partial charge in [-0.1, -0.05) is 0 Å².